The first-order chi connectivity index (χ1) is 12.8. The highest BCUT2D eigenvalue weighted by atomic mass is 19.1. The monoisotopic (exact) mass is 379 g/mol. The van der Waals surface area contributed by atoms with E-state index in [0.717, 1.165) is 31.0 Å². The quantitative estimate of drug-likeness (QED) is 0.378. The van der Waals surface area contributed by atoms with Crippen LogP contribution in [0.4, 0.5) is 8.78 Å². The number of carbonyl (C=O) groups is 2. The van der Waals surface area contributed by atoms with E-state index >= 15 is 0 Å². The van der Waals surface area contributed by atoms with E-state index in [9.17, 15) is 18.4 Å². The molecule has 1 unspecified atom stereocenters. The first-order valence-corrected chi connectivity index (χ1v) is 9.07. The Labute approximate surface area is 159 Å². The maximum absolute atomic E-state index is 13.4. The fourth-order valence-corrected chi connectivity index (χ4v) is 2.51. The van der Waals surface area contributed by atoms with E-state index in [1.165, 1.54) is 6.08 Å². The number of esters is 1. The van der Waals surface area contributed by atoms with Gasteiger partial charge >= 0.3 is 5.97 Å². The highest BCUT2D eigenvalue weighted by Crippen LogP contribution is 2.11. The average molecular weight is 379 g/mol. The van der Waals surface area contributed by atoms with Gasteiger partial charge in [-0.05, 0) is 43.0 Å². The van der Waals surface area contributed by atoms with Crippen molar-refractivity contribution in [1.29, 1.82) is 0 Å². The number of allylic oxidation sites excluding steroid dienone is 2. The van der Waals surface area contributed by atoms with Crippen LogP contribution in [-0.2, 0) is 20.7 Å². The third-order valence-electron chi connectivity index (χ3n) is 3.84. The lowest BCUT2D eigenvalue weighted by molar-refractivity contribution is -0.146. The van der Waals surface area contributed by atoms with Crippen molar-refractivity contribution in [2.75, 3.05) is 6.61 Å². The van der Waals surface area contributed by atoms with E-state index in [-0.39, 0.29) is 24.5 Å². The number of hydrogen-bond acceptors (Lipinski definition) is 3. The van der Waals surface area contributed by atoms with Crippen LogP contribution in [-0.4, -0.2) is 24.5 Å². The van der Waals surface area contributed by atoms with Crippen molar-refractivity contribution in [2.24, 2.45) is 5.92 Å². The van der Waals surface area contributed by atoms with E-state index in [4.69, 9.17) is 4.74 Å². The van der Waals surface area contributed by atoms with Crippen molar-refractivity contribution in [1.82, 2.24) is 5.32 Å². The number of benzene rings is 1. The molecule has 0 aliphatic heterocycles. The fourth-order valence-electron chi connectivity index (χ4n) is 2.51. The largest absolute Gasteiger partial charge is 0.460 e. The van der Waals surface area contributed by atoms with E-state index in [1.54, 1.807) is 25.2 Å². The second-order valence-corrected chi connectivity index (χ2v) is 6.37. The molecule has 27 heavy (non-hydrogen) atoms. The average Bonchev–Trinajstić information content (AvgIpc) is 2.59. The van der Waals surface area contributed by atoms with E-state index in [1.807, 2.05) is 6.92 Å². The molecule has 0 saturated heterocycles. The summed E-state index contributed by atoms with van der Waals surface area (Å²) in [6, 6.07) is 1.95. The first-order valence-electron chi connectivity index (χ1n) is 9.07. The van der Waals surface area contributed by atoms with E-state index in [2.05, 4.69) is 12.2 Å². The van der Waals surface area contributed by atoms with Gasteiger partial charge in [-0.3, -0.25) is 4.79 Å². The maximum Gasteiger partial charge on any atom is 0.329 e. The van der Waals surface area contributed by atoms with Gasteiger partial charge in [0.15, 0.2) is 0 Å². The summed E-state index contributed by atoms with van der Waals surface area (Å²) in [5.41, 5.74) is 0.254. The van der Waals surface area contributed by atoms with Gasteiger partial charge in [0, 0.05) is 12.5 Å². The second kappa shape index (κ2) is 12.0. The van der Waals surface area contributed by atoms with Gasteiger partial charge in [0.2, 0.25) is 5.91 Å². The van der Waals surface area contributed by atoms with Crippen LogP contribution in [0.2, 0.25) is 0 Å². The number of carbonyl (C=O) groups excluding carboxylic acids is 2. The molecule has 2 atom stereocenters. The standard InChI is InChI=1S/C21H27F2NO3/c1-4-6-10-27-21(26)19(13-16-11-17(22)14-18(23)12-16)24-20(25)9-8-15(3)7-5-2/h4,6,8-9,11-12,14-15,19H,5,7,10,13H2,1-3H3,(H,24,25)/b6-4-,9-8+/t15?,19-/m0/s1. The minimum Gasteiger partial charge on any atom is -0.460 e. The lowest BCUT2D eigenvalue weighted by Crippen LogP contribution is -2.42. The highest BCUT2D eigenvalue weighted by Gasteiger charge is 2.22. The zero-order valence-electron chi connectivity index (χ0n) is 16.0. The molecule has 1 N–H and O–H groups in total. The summed E-state index contributed by atoms with van der Waals surface area (Å²) >= 11 is 0. The fraction of sp³-hybridized carbons (Fsp3) is 0.429. The molecule has 0 heterocycles. The Morgan fingerprint density at radius 1 is 1.22 bits per heavy atom. The molecule has 1 aromatic carbocycles. The maximum atomic E-state index is 13.4. The van der Waals surface area contributed by atoms with Gasteiger partial charge in [-0.1, -0.05) is 38.5 Å². The zero-order valence-corrected chi connectivity index (χ0v) is 16.0. The molecule has 0 saturated carbocycles. The predicted octanol–water partition coefficient (Wildman–Crippen LogP) is 4.10. The van der Waals surface area contributed by atoms with Gasteiger partial charge in [-0.2, -0.15) is 0 Å². The number of halogens is 2. The van der Waals surface area contributed by atoms with Crippen molar-refractivity contribution in [3.63, 3.8) is 0 Å². The molecule has 0 fully saturated rings. The molecule has 1 aromatic rings. The van der Waals surface area contributed by atoms with Crippen molar-refractivity contribution in [3.05, 3.63) is 59.7 Å². The van der Waals surface area contributed by atoms with Gasteiger partial charge in [-0.15, -0.1) is 0 Å². The molecular weight excluding hydrogens is 352 g/mol. The Bertz CT molecular complexity index is 666. The summed E-state index contributed by atoms with van der Waals surface area (Å²) in [5.74, 6) is -2.38. The SMILES string of the molecule is C/C=C\COC(=O)[C@H](Cc1cc(F)cc(F)c1)NC(=O)/C=C/C(C)CCC. The number of nitrogens with one attached hydrogen (secondary N) is 1. The van der Waals surface area contributed by atoms with Crippen molar-refractivity contribution in [2.45, 2.75) is 46.1 Å². The van der Waals surface area contributed by atoms with Gasteiger partial charge in [-0.25, -0.2) is 13.6 Å². The van der Waals surface area contributed by atoms with E-state index in [0.29, 0.717) is 0 Å². The Hall–Kier alpha value is -2.50. The summed E-state index contributed by atoms with van der Waals surface area (Å²) in [4.78, 5) is 24.4. The third kappa shape index (κ3) is 9.13. The van der Waals surface area contributed by atoms with E-state index < -0.39 is 29.6 Å². The van der Waals surface area contributed by atoms with Crippen LogP contribution in [0.5, 0.6) is 0 Å². The second-order valence-electron chi connectivity index (χ2n) is 6.37. The molecule has 1 rings (SSSR count). The Morgan fingerprint density at radius 2 is 1.89 bits per heavy atom. The highest BCUT2D eigenvalue weighted by molar-refractivity contribution is 5.91. The molecule has 6 heteroatoms. The molecule has 1 amide bonds. The van der Waals surface area contributed by atoms with Crippen LogP contribution in [0.1, 0.15) is 39.2 Å². The number of amides is 1. The minimum atomic E-state index is -1.05. The summed E-state index contributed by atoms with van der Waals surface area (Å²) in [6.45, 7) is 5.89. The zero-order chi connectivity index (χ0) is 20.2. The molecule has 0 bridgehead atoms. The normalized spacial score (nSPS) is 13.7. The summed E-state index contributed by atoms with van der Waals surface area (Å²) < 4.78 is 31.9. The number of hydrogen-bond donors (Lipinski definition) is 1. The first kappa shape index (κ1) is 22.5. The van der Waals surface area contributed by atoms with Crippen LogP contribution >= 0.6 is 0 Å². The van der Waals surface area contributed by atoms with Crippen LogP contribution < -0.4 is 5.32 Å². The van der Waals surface area contributed by atoms with Gasteiger partial charge in [0.05, 0.1) is 0 Å². The van der Waals surface area contributed by atoms with Crippen LogP contribution in [0.3, 0.4) is 0 Å². The Morgan fingerprint density at radius 3 is 2.48 bits per heavy atom. The molecule has 0 aromatic heterocycles. The van der Waals surface area contributed by atoms with Crippen molar-refractivity contribution < 1.29 is 23.1 Å². The molecular formula is C21H27F2NO3. The van der Waals surface area contributed by atoms with Gasteiger partial charge in [0.1, 0.15) is 24.3 Å². The van der Waals surface area contributed by atoms with Crippen LogP contribution in [0.15, 0.2) is 42.5 Å². The van der Waals surface area contributed by atoms with Gasteiger partial charge in [0.25, 0.3) is 0 Å². The molecule has 0 aliphatic carbocycles. The lowest BCUT2D eigenvalue weighted by atomic mass is 10.0. The molecule has 4 nitrogen and oxygen atoms in total. The smallest absolute Gasteiger partial charge is 0.329 e. The number of ether oxygens (including phenoxy) is 1. The molecule has 0 radical (unpaired) electrons. The van der Waals surface area contributed by atoms with Gasteiger partial charge < -0.3 is 10.1 Å². The third-order valence-corrected chi connectivity index (χ3v) is 3.84. The summed E-state index contributed by atoms with van der Waals surface area (Å²) in [7, 11) is 0. The lowest BCUT2D eigenvalue weighted by Gasteiger charge is -2.17. The molecule has 0 spiro atoms. The van der Waals surface area contributed by atoms with Crippen molar-refractivity contribution in [3.8, 4) is 0 Å². The van der Waals surface area contributed by atoms with Crippen LogP contribution in [0.25, 0.3) is 0 Å². The number of rotatable bonds is 10. The molecule has 148 valence electrons. The summed E-state index contributed by atoms with van der Waals surface area (Å²) in [6.07, 6.45) is 8.38. The topological polar surface area (TPSA) is 55.4 Å². The summed E-state index contributed by atoms with van der Waals surface area (Å²) in [5, 5.41) is 2.56. The predicted molar refractivity (Wildman–Crippen MR) is 101 cm³/mol. The Balaban J connectivity index is 2.86. The van der Waals surface area contributed by atoms with Crippen molar-refractivity contribution >= 4 is 11.9 Å². The minimum absolute atomic E-state index is 0.0581. The Kier molecular flexibility index (Phi) is 10.0. The van der Waals surface area contributed by atoms with Crippen LogP contribution in [0, 0.1) is 17.6 Å². The molecule has 0 aliphatic rings.